The Bertz CT molecular complexity index is 792. The summed E-state index contributed by atoms with van der Waals surface area (Å²) in [5, 5.41) is 4.19. The number of nitrogens with zero attached hydrogens (tertiary/aromatic N) is 2. The Hall–Kier alpha value is -2.62. The van der Waals surface area contributed by atoms with Crippen LogP contribution < -0.4 is 5.32 Å². The van der Waals surface area contributed by atoms with Crippen molar-refractivity contribution in [2.75, 3.05) is 0 Å². The van der Waals surface area contributed by atoms with Gasteiger partial charge in [-0.05, 0) is 43.0 Å². The van der Waals surface area contributed by atoms with Crippen LogP contribution in [0.3, 0.4) is 0 Å². The average molecular weight is 293 g/mol. The lowest BCUT2D eigenvalue weighted by Crippen LogP contribution is -2.30. The number of amides is 1. The number of benzene rings is 1. The number of hydrogen-bond acceptors (Lipinski definition) is 2. The van der Waals surface area contributed by atoms with Gasteiger partial charge in [0.25, 0.3) is 0 Å². The zero-order valence-corrected chi connectivity index (χ0v) is 12.8. The van der Waals surface area contributed by atoms with E-state index in [9.17, 15) is 4.79 Å². The van der Waals surface area contributed by atoms with Crippen LogP contribution >= 0.6 is 0 Å². The molecule has 0 spiro atoms. The molecule has 1 atom stereocenters. The lowest BCUT2D eigenvalue weighted by molar-refractivity contribution is -0.122. The largest absolute Gasteiger partial charge is 0.348 e. The number of carbonyl (C=O) groups excluding carboxylic acids is 1. The van der Waals surface area contributed by atoms with Crippen LogP contribution in [0.25, 0.3) is 10.9 Å². The molecule has 0 bridgehead atoms. The summed E-state index contributed by atoms with van der Waals surface area (Å²) in [6.07, 6.45) is 3.51. The van der Waals surface area contributed by atoms with Gasteiger partial charge < -0.3 is 9.88 Å². The number of aromatic nitrogens is 2. The summed E-state index contributed by atoms with van der Waals surface area (Å²) in [7, 11) is 0. The molecule has 4 heteroatoms. The first-order valence-electron chi connectivity index (χ1n) is 7.39. The monoisotopic (exact) mass is 293 g/mol. The first-order valence-corrected chi connectivity index (χ1v) is 7.39. The molecule has 0 fully saturated rings. The van der Waals surface area contributed by atoms with Gasteiger partial charge in [-0.1, -0.05) is 24.3 Å². The van der Waals surface area contributed by atoms with Gasteiger partial charge in [-0.25, -0.2) is 0 Å². The van der Waals surface area contributed by atoms with Crippen molar-refractivity contribution in [3.05, 3.63) is 66.1 Å². The number of rotatable bonds is 4. The van der Waals surface area contributed by atoms with E-state index in [-0.39, 0.29) is 11.9 Å². The minimum absolute atomic E-state index is 0.000746. The molecule has 112 valence electrons. The van der Waals surface area contributed by atoms with Gasteiger partial charge >= 0.3 is 0 Å². The van der Waals surface area contributed by atoms with Gasteiger partial charge in [-0.2, -0.15) is 0 Å². The smallest absolute Gasteiger partial charge is 0.240 e. The fourth-order valence-electron chi connectivity index (χ4n) is 2.70. The van der Waals surface area contributed by atoms with Crippen molar-refractivity contribution in [2.24, 2.45) is 0 Å². The van der Waals surface area contributed by atoms with Crippen LogP contribution in [0.2, 0.25) is 0 Å². The van der Waals surface area contributed by atoms with Crippen molar-refractivity contribution in [3.8, 4) is 0 Å². The fourth-order valence-corrected chi connectivity index (χ4v) is 2.70. The molecule has 0 aliphatic heterocycles. The molecule has 0 saturated heterocycles. The number of hydrogen-bond donors (Lipinski definition) is 1. The summed E-state index contributed by atoms with van der Waals surface area (Å²) in [5.74, 6) is 0.000746. The van der Waals surface area contributed by atoms with Gasteiger partial charge in [0.05, 0.1) is 6.04 Å². The van der Waals surface area contributed by atoms with Crippen LogP contribution in [-0.4, -0.2) is 15.5 Å². The van der Waals surface area contributed by atoms with Gasteiger partial charge in [-0.3, -0.25) is 9.78 Å². The average Bonchev–Trinajstić information content (AvgIpc) is 2.84. The molecule has 0 radical (unpaired) electrons. The third kappa shape index (κ3) is 2.86. The molecular weight excluding hydrogens is 274 g/mol. The second-order valence-corrected chi connectivity index (χ2v) is 5.51. The number of nitrogens with one attached hydrogen (secondary N) is 1. The Labute approximate surface area is 129 Å². The highest BCUT2D eigenvalue weighted by Crippen LogP contribution is 2.19. The molecule has 1 aromatic carbocycles. The predicted molar refractivity (Wildman–Crippen MR) is 87.5 cm³/mol. The molecule has 4 nitrogen and oxygen atoms in total. The van der Waals surface area contributed by atoms with Crippen molar-refractivity contribution in [3.63, 3.8) is 0 Å². The summed E-state index contributed by atoms with van der Waals surface area (Å²) in [5.41, 5.74) is 3.18. The molecule has 0 aliphatic rings. The Morgan fingerprint density at radius 2 is 2.09 bits per heavy atom. The highest BCUT2D eigenvalue weighted by molar-refractivity contribution is 5.84. The maximum absolute atomic E-state index is 12.3. The topological polar surface area (TPSA) is 46.9 Å². The standard InChI is InChI=1S/C18H19N3O/c1-13-10-15-6-3-4-8-17(15)21(13)12-18(22)20-14(2)16-7-5-9-19-11-16/h3-11,14H,12H2,1-2H3,(H,20,22)/t14-/m0/s1. The van der Waals surface area contributed by atoms with Crippen molar-refractivity contribution in [1.29, 1.82) is 0 Å². The number of aryl methyl sites for hydroxylation is 1. The Morgan fingerprint density at radius 1 is 1.27 bits per heavy atom. The third-order valence-corrected chi connectivity index (χ3v) is 3.88. The minimum atomic E-state index is -0.0525. The highest BCUT2D eigenvalue weighted by Gasteiger charge is 2.12. The number of para-hydroxylation sites is 1. The summed E-state index contributed by atoms with van der Waals surface area (Å²) in [6, 6.07) is 14.0. The zero-order chi connectivity index (χ0) is 15.5. The van der Waals surface area contributed by atoms with Crippen LogP contribution in [0.1, 0.15) is 24.2 Å². The number of fused-ring (bicyclic) bond motifs is 1. The van der Waals surface area contributed by atoms with E-state index in [1.54, 1.807) is 12.4 Å². The van der Waals surface area contributed by atoms with Crippen LogP contribution in [-0.2, 0) is 11.3 Å². The SMILES string of the molecule is Cc1cc2ccccc2n1CC(=O)N[C@@H](C)c1cccnc1. The molecule has 2 aromatic heterocycles. The van der Waals surface area contributed by atoms with Crippen molar-refractivity contribution < 1.29 is 4.79 Å². The van der Waals surface area contributed by atoms with E-state index in [2.05, 4.69) is 22.4 Å². The van der Waals surface area contributed by atoms with E-state index in [0.29, 0.717) is 6.54 Å². The Balaban J connectivity index is 1.75. The van der Waals surface area contributed by atoms with Crippen molar-refractivity contribution in [1.82, 2.24) is 14.9 Å². The van der Waals surface area contributed by atoms with Crippen LogP contribution in [0.15, 0.2) is 54.9 Å². The first kappa shape index (κ1) is 14.3. The van der Waals surface area contributed by atoms with E-state index in [1.165, 1.54) is 0 Å². The fraction of sp³-hybridized carbons (Fsp3) is 0.222. The van der Waals surface area contributed by atoms with E-state index in [0.717, 1.165) is 22.2 Å². The number of pyridine rings is 1. The number of carbonyl (C=O) groups is 1. The van der Waals surface area contributed by atoms with Gasteiger partial charge in [0, 0.05) is 23.6 Å². The van der Waals surface area contributed by atoms with E-state index in [4.69, 9.17) is 0 Å². The molecular formula is C18H19N3O. The third-order valence-electron chi connectivity index (χ3n) is 3.88. The molecule has 22 heavy (non-hydrogen) atoms. The quantitative estimate of drug-likeness (QED) is 0.803. The van der Waals surface area contributed by atoms with E-state index >= 15 is 0 Å². The summed E-state index contributed by atoms with van der Waals surface area (Å²) in [6.45, 7) is 4.32. The van der Waals surface area contributed by atoms with E-state index in [1.807, 2.05) is 48.7 Å². The zero-order valence-electron chi connectivity index (χ0n) is 12.8. The van der Waals surface area contributed by atoms with Crippen molar-refractivity contribution in [2.45, 2.75) is 26.4 Å². The Kier molecular flexibility index (Phi) is 3.92. The lowest BCUT2D eigenvalue weighted by atomic mass is 10.1. The van der Waals surface area contributed by atoms with Crippen LogP contribution in [0.5, 0.6) is 0 Å². The maximum Gasteiger partial charge on any atom is 0.240 e. The highest BCUT2D eigenvalue weighted by atomic mass is 16.2. The van der Waals surface area contributed by atoms with Crippen molar-refractivity contribution >= 4 is 16.8 Å². The molecule has 0 aliphatic carbocycles. The normalized spacial score (nSPS) is 12.3. The lowest BCUT2D eigenvalue weighted by Gasteiger charge is -2.15. The molecule has 0 saturated carbocycles. The molecule has 3 rings (SSSR count). The van der Waals surface area contributed by atoms with Gasteiger partial charge in [0.1, 0.15) is 6.54 Å². The van der Waals surface area contributed by atoms with Gasteiger partial charge in [0.2, 0.25) is 5.91 Å². The second kappa shape index (κ2) is 6.02. The minimum Gasteiger partial charge on any atom is -0.348 e. The molecule has 1 N–H and O–H groups in total. The Morgan fingerprint density at radius 3 is 2.86 bits per heavy atom. The van der Waals surface area contributed by atoms with Gasteiger partial charge in [-0.15, -0.1) is 0 Å². The summed E-state index contributed by atoms with van der Waals surface area (Å²) in [4.78, 5) is 16.4. The first-order chi connectivity index (χ1) is 10.6. The van der Waals surface area contributed by atoms with Gasteiger partial charge in [0.15, 0.2) is 0 Å². The maximum atomic E-state index is 12.3. The second-order valence-electron chi connectivity index (χ2n) is 5.51. The van der Waals surface area contributed by atoms with Crippen LogP contribution in [0.4, 0.5) is 0 Å². The molecule has 1 amide bonds. The molecule has 0 unspecified atom stereocenters. The van der Waals surface area contributed by atoms with E-state index < -0.39 is 0 Å². The van der Waals surface area contributed by atoms with Crippen LogP contribution in [0, 0.1) is 6.92 Å². The summed E-state index contributed by atoms with van der Waals surface area (Å²) < 4.78 is 2.04. The molecule has 3 aromatic rings. The summed E-state index contributed by atoms with van der Waals surface area (Å²) >= 11 is 0. The molecule has 2 heterocycles. The predicted octanol–water partition coefficient (Wildman–Crippen LogP) is 3.22.